The van der Waals surface area contributed by atoms with Gasteiger partial charge in [0.1, 0.15) is 17.2 Å². The van der Waals surface area contributed by atoms with Crippen molar-refractivity contribution >= 4 is 17.5 Å². The lowest BCUT2D eigenvalue weighted by molar-refractivity contribution is 0.102. The Balaban J connectivity index is 1.46. The topological polar surface area (TPSA) is 105 Å². The first-order valence-corrected chi connectivity index (χ1v) is 11.2. The highest BCUT2D eigenvalue weighted by Crippen LogP contribution is 2.37. The quantitative estimate of drug-likeness (QED) is 0.632. The first-order chi connectivity index (χ1) is 15.8. The van der Waals surface area contributed by atoms with Gasteiger partial charge in [0, 0.05) is 43.9 Å². The SMILES string of the molecule is Cn1cc(-c2cccc(NC(=O)c3cc4c(nc3N3CCC(O)CC3)OC(C)(C)C4)n2)cn1. The van der Waals surface area contributed by atoms with E-state index >= 15 is 0 Å². The maximum absolute atomic E-state index is 13.4. The van der Waals surface area contributed by atoms with Gasteiger partial charge in [-0.25, -0.2) is 4.98 Å². The third kappa shape index (κ3) is 4.41. The van der Waals surface area contributed by atoms with Gasteiger partial charge in [0.05, 0.1) is 23.6 Å². The lowest BCUT2D eigenvalue weighted by Crippen LogP contribution is -2.37. The highest BCUT2D eigenvalue weighted by molar-refractivity contribution is 6.07. The molecule has 5 rings (SSSR count). The third-order valence-electron chi connectivity index (χ3n) is 6.03. The second kappa shape index (κ2) is 8.15. The number of piperidine rings is 1. The minimum absolute atomic E-state index is 0.271. The molecule has 1 amide bonds. The summed E-state index contributed by atoms with van der Waals surface area (Å²) in [4.78, 5) is 24.8. The van der Waals surface area contributed by atoms with Crippen LogP contribution in [0.4, 0.5) is 11.6 Å². The summed E-state index contributed by atoms with van der Waals surface area (Å²) in [5.74, 6) is 1.35. The molecular formula is C24H28N6O3. The van der Waals surface area contributed by atoms with E-state index in [1.807, 2.05) is 45.3 Å². The highest BCUT2D eigenvalue weighted by atomic mass is 16.5. The van der Waals surface area contributed by atoms with Gasteiger partial charge in [-0.3, -0.25) is 9.48 Å². The summed E-state index contributed by atoms with van der Waals surface area (Å²) in [5.41, 5.74) is 2.65. The van der Waals surface area contributed by atoms with Gasteiger partial charge in [0.15, 0.2) is 0 Å². The van der Waals surface area contributed by atoms with Gasteiger partial charge in [-0.15, -0.1) is 0 Å². The number of carbonyl (C=O) groups excluding carboxylic acids is 1. The molecule has 3 aromatic rings. The molecule has 0 atom stereocenters. The fourth-order valence-corrected chi connectivity index (χ4v) is 4.39. The number of hydrogen-bond donors (Lipinski definition) is 2. The molecule has 0 unspecified atom stereocenters. The average molecular weight is 449 g/mol. The summed E-state index contributed by atoms with van der Waals surface area (Å²) in [6.45, 7) is 5.29. The van der Waals surface area contributed by atoms with Crippen LogP contribution in [0.5, 0.6) is 5.88 Å². The number of aliphatic hydroxyl groups excluding tert-OH is 1. The number of aryl methyl sites for hydroxylation is 1. The fourth-order valence-electron chi connectivity index (χ4n) is 4.39. The van der Waals surface area contributed by atoms with Crippen LogP contribution in [0.2, 0.25) is 0 Å². The molecule has 2 aliphatic rings. The van der Waals surface area contributed by atoms with E-state index in [9.17, 15) is 9.90 Å². The molecule has 0 bridgehead atoms. The van der Waals surface area contributed by atoms with E-state index in [-0.39, 0.29) is 17.6 Å². The molecule has 0 saturated carbocycles. The van der Waals surface area contributed by atoms with Gasteiger partial charge in [0.25, 0.3) is 5.91 Å². The second-order valence-electron chi connectivity index (χ2n) is 9.35. The largest absolute Gasteiger partial charge is 0.471 e. The monoisotopic (exact) mass is 448 g/mol. The summed E-state index contributed by atoms with van der Waals surface area (Å²) in [6, 6.07) is 7.39. The Morgan fingerprint density at radius 1 is 1.24 bits per heavy atom. The lowest BCUT2D eigenvalue weighted by Gasteiger charge is -2.31. The molecule has 172 valence electrons. The van der Waals surface area contributed by atoms with Crippen molar-refractivity contribution in [2.24, 2.45) is 7.05 Å². The number of anilines is 2. The zero-order chi connectivity index (χ0) is 23.2. The van der Waals surface area contributed by atoms with E-state index in [0.717, 1.165) is 16.8 Å². The molecule has 9 nitrogen and oxygen atoms in total. The van der Waals surface area contributed by atoms with Crippen LogP contribution in [0.15, 0.2) is 36.7 Å². The molecule has 1 saturated heterocycles. The number of fused-ring (bicyclic) bond motifs is 1. The van der Waals surface area contributed by atoms with Crippen molar-refractivity contribution in [3.63, 3.8) is 0 Å². The van der Waals surface area contributed by atoms with Crippen molar-refractivity contribution in [1.29, 1.82) is 0 Å². The molecule has 3 aromatic heterocycles. The molecular weight excluding hydrogens is 420 g/mol. The van der Waals surface area contributed by atoms with Gasteiger partial charge in [-0.2, -0.15) is 10.1 Å². The molecule has 5 heterocycles. The first kappa shape index (κ1) is 21.4. The van der Waals surface area contributed by atoms with Crippen molar-refractivity contribution < 1.29 is 14.6 Å². The minimum atomic E-state index is -0.362. The van der Waals surface area contributed by atoms with Crippen molar-refractivity contribution in [1.82, 2.24) is 19.7 Å². The number of nitrogens with zero attached hydrogens (tertiary/aromatic N) is 5. The van der Waals surface area contributed by atoms with Crippen LogP contribution in [0.1, 0.15) is 42.6 Å². The number of pyridine rings is 2. The molecule has 33 heavy (non-hydrogen) atoms. The highest BCUT2D eigenvalue weighted by Gasteiger charge is 2.34. The average Bonchev–Trinajstić information content (AvgIpc) is 3.34. The normalized spacial score (nSPS) is 17.5. The number of ether oxygens (including phenoxy) is 1. The molecule has 2 aliphatic heterocycles. The number of aliphatic hydroxyl groups is 1. The number of nitrogens with one attached hydrogen (secondary N) is 1. The molecule has 1 fully saturated rings. The van der Waals surface area contributed by atoms with Crippen LogP contribution in [-0.4, -0.2) is 55.6 Å². The third-order valence-corrected chi connectivity index (χ3v) is 6.03. The zero-order valence-corrected chi connectivity index (χ0v) is 19.1. The van der Waals surface area contributed by atoms with Crippen LogP contribution in [0.3, 0.4) is 0 Å². The summed E-state index contributed by atoms with van der Waals surface area (Å²) in [5, 5.41) is 17.1. The van der Waals surface area contributed by atoms with E-state index in [4.69, 9.17) is 9.72 Å². The first-order valence-electron chi connectivity index (χ1n) is 11.2. The van der Waals surface area contributed by atoms with Crippen molar-refractivity contribution in [3.05, 3.63) is 47.8 Å². The number of rotatable bonds is 4. The van der Waals surface area contributed by atoms with E-state index < -0.39 is 0 Å². The van der Waals surface area contributed by atoms with E-state index in [1.54, 1.807) is 16.9 Å². The van der Waals surface area contributed by atoms with Crippen LogP contribution in [-0.2, 0) is 13.5 Å². The summed E-state index contributed by atoms with van der Waals surface area (Å²) >= 11 is 0. The molecule has 0 aromatic carbocycles. The molecule has 0 spiro atoms. The summed E-state index contributed by atoms with van der Waals surface area (Å²) in [7, 11) is 1.85. The Kier molecular flexibility index (Phi) is 5.28. The van der Waals surface area contributed by atoms with Gasteiger partial charge in [-0.05, 0) is 44.9 Å². The van der Waals surface area contributed by atoms with Crippen LogP contribution < -0.4 is 15.0 Å². The Bertz CT molecular complexity index is 1200. The van der Waals surface area contributed by atoms with Crippen LogP contribution in [0, 0.1) is 0 Å². The second-order valence-corrected chi connectivity index (χ2v) is 9.35. The smallest absolute Gasteiger partial charge is 0.260 e. The Hall–Kier alpha value is -3.46. The van der Waals surface area contributed by atoms with Crippen molar-refractivity contribution in [3.8, 4) is 17.1 Å². The number of aromatic nitrogens is 4. The number of amides is 1. The van der Waals surface area contributed by atoms with E-state index in [1.165, 1.54) is 0 Å². The number of carbonyl (C=O) groups is 1. The Morgan fingerprint density at radius 3 is 2.76 bits per heavy atom. The molecule has 0 aliphatic carbocycles. The molecule has 9 heteroatoms. The summed E-state index contributed by atoms with van der Waals surface area (Å²) in [6.07, 6.45) is 5.26. The van der Waals surface area contributed by atoms with Gasteiger partial charge >= 0.3 is 0 Å². The predicted molar refractivity (Wildman–Crippen MR) is 124 cm³/mol. The maximum Gasteiger partial charge on any atom is 0.260 e. The van der Waals surface area contributed by atoms with E-state index in [0.29, 0.717) is 55.4 Å². The maximum atomic E-state index is 13.4. The Labute approximate surface area is 192 Å². The lowest BCUT2D eigenvalue weighted by atomic mass is 10.0. The van der Waals surface area contributed by atoms with Crippen molar-refractivity contribution in [2.75, 3.05) is 23.3 Å². The van der Waals surface area contributed by atoms with Crippen LogP contribution >= 0.6 is 0 Å². The van der Waals surface area contributed by atoms with Gasteiger partial charge in [0.2, 0.25) is 5.88 Å². The van der Waals surface area contributed by atoms with Gasteiger partial charge < -0.3 is 20.1 Å². The molecule has 0 radical (unpaired) electrons. The predicted octanol–water partition coefficient (Wildman–Crippen LogP) is 2.80. The Morgan fingerprint density at radius 2 is 2.03 bits per heavy atom. The minimum Gasteiger partial charge on any atom is -0.471 e. The molecule has 2 N–H and O–H groups in total. The fraction of sp³-hybridized carbons (Fsp3) is 0.417. The van der Waals surface area contributed by atoms with E-state index in [2.05, 4.69) is 20.3 Å². The van der Waals surface area contributed by atoms with Crippen molar-refractivity contribution in [2.45, 2.75) is 44.8 Å². The zero-order valence-electron chi connectivity index (χ0n) is 19.1. The van der Waals surface area contributed by atoms with Crippen LogP contribution in [0.25, 0.3) is 11.3 Å². The standard InChI is InChI=1S/C24H28N6O3/c1-24(2)12-15-11-18(21(28-23(15)33-24)30-9-7-17(31)8-10-30)22(32)27-20-6-4-5-19(26-20)16-13-25-29(3)14-16/h4-6,11,13-14,17,31H,7-10,12H2,1-3H3,(H,26,27,32). The summed E-state index contributed by atoms with van der Waals surface area (Å²) < 4.78 is 7.74. The van der Waals surface area contributed by atoms with Gasteiger partial charge in [-0.1, -0.05) is 6.07 Å². The number of hydrogen-bond acceptors (Lipinski definition) is 7.